The number of carbonyl (C=O) groups is 1. The van der Waals surface area contributed by atoms with Crippen LogP contribution in [0.25, 0.3) is 0 Å². The maximum atomic E-state index is 12.3. The molecule has 2 rings (SSSR count). The second-order valence-electron chi connectivity index (χ2n) is 4.58. The molecule has 2 N–H and O–H groups in total. The van der Waals surface area contributed by atoms with Gasteiger partial charge in [0.05, 0.1) is 0 Å². The van der Waals surface area contributed by atoms with Gasteiger partial charge in [-0.25, -0.2) is 0 Å². The average Bonchev–Trinajstić information content (AvgIpc) is 2.32. The Morgan fingerprint density at radius 2 is 2.24 bits per heavy atom. The third kappa shape index (κ3) is 2.63. The molecule has 1 atom stereocenters. The topological polar surface area (TPSA) is 46.3 Å². The second-order valence-corrected chi connectivity index (χ2v) is 5.43. The van der Waals surface area contributed by atoms with Gasteiger partial charge < -0.3 is 10.6 Å². The van der Waals surface area contributed by atoms with Crippen LogP contribution in [0.1, 0.15) is 36.5 Å². The fraction of sp³-hybridized carbons (Fsp3) is 0.462. The molecule has 0 bridgehead atoms. The zero-order valence-corrected chi connectivity index (χ0v) is 11.5. The number of piperidine rings is 1. The van der Waals surface area contributed by atoms with Crippen LogP contribution in [-0.2, 0) is 0 Å². The maximum absolute atomic E-state index is 12.3. The smallest absolute Gasteiger partial charge is 0.254 e. The van der Waals surface area contributed by atoms with Gasteiger partial charge in [0, 0.05) is 28.3 Å². The SMILES string of the molecule is CC1CCCCN1C(=O)c1ccc(Br)c(N)c1. The first-order valence-electron chi connectivity index (χ1n) is 5.95. The molecule has 1 unspecified atom stereocenters. The van der Waals surface area contributed by atoms with Gasteiger partial charge in [-0.15, -0.1) is 0 Å². The van der Waals surface area contributed by atoms with E-state index in [0.717, 1.165) is 23.9 Å². The van der Waals surface area contributed by atoms with Crippen molar-refractivity contribution in [2.45, 2.75) is 32.2 Å². The third-order valence-corrected chi connectivity index (χ3v) is 4.03. The number of carbonyl (C=O) groups excluding carboxylic acids is 1. The molecule has 0 radical (unpaired) electrons. The molecule has 3 nitrogen and oxygen atoms in total. The van der Waals surface area contributed by atoms with Crippen molar-refractivity contribution in [2.24, 2.45) is 0 Å². The molecule has 92 valence electrons. The highest BCUT2D eigenvalue weighted by atomic mass is 79.9. The van der Waals surface area contributed by atoms with Crippen molar-refractivity contribution in [3.05, 3.63) is 28.2 Å². The Morgan fingerprint density at radius 1 is 1.47 bits per heavy atom. The third-order valence-electron chi connectivity index (χ3n) is 3.31. The van der Waals surface area contributed by atoms with Gasteiger partial charge in [-0.1, -0.05) is 0 Å². The molecular formula is C13H17BrN2O. The lowest BCUT2D eigenvalue weighted by atomic mass is 10.0. The predicted octanol–water partition coefficient (Wildman–Crippen LogP) is 3.05. The van der Waals surface area contributed by atoms with Gasteiger partial charge in [0.2, 0.25) is 0 Å². The van der Waals surface area contributed by atoms with Crippen LogP contribution >= 0.6 is 15.9 Å². The number of likely N-dealkylation sites (tertiary alicyclic amines) is 1. The van der Waals surface area contributed by atoms with E-state index in [4.69, 9.17) is 5.73 Å². The second kappa shape index (κ2) is 5.08. The highest BCUT2D eigenvalue weighted by Crippen LogP contribution is 2.23. The Morgan fingerprint density at radius 3 is 2.88 bits per heavy atom. The summed E-state index contributed by atoms with van der Waals surface area (Å²) in [4.78, 5) is 14.3. The Balaban J connectivity index is 2.21. The molecular weight excluding hydrogens is 280 g/mol. The molecule has 1 aliphatic heterocycles. The van der Waals surface area contributed by atoms with Crippen molar-refractivity contribution in [2.75, 3.05) is 12.3 Å². The average molecular weight is 297 g/mol. The highest BCUT2D eigenvalue weighted by molar-refractivity contribution is 9.10. The molecule has 1 fully saturated rings. The van der Waals surface area contributed by atoms with E-state index in [1.165, 1.54) is 6.42 Å². The van der Waals surface area contributed by atoms with Crippen molar-refractivity contribution in [1.82, 2.24) is 4.90 Å². The molecule has 0 saturated carbocycles. The Kier molecular flexibility index (Phi) is 3.72. The van der Waals surface area contributed by atoms with E-state index in [-0.39, 0.29) is 5.91 Å². The van der Waals surface area contributed by atoms with Gasteiger partial charge in [-0.2, -0.15) is 0 Å². The predicted molar refractivity (Wildman–Crippen MR) is 72.9 cm³/mol. The van der Waals surface area contributed by atoms with Crippen molar-refractivity contribution < 1.29 is 4.79 Å². The summed E-state index contributed by atoms with van der Waals surface area (Å²) in [7, 11) is 0. The summed E-state index contributed by atoms with van der Waals surface area (Å²) < 4.78 is 0.834. The standard InChI is InChI=1S/C13H17BrN2O/c1-9-4-2-3-7-16(9)13(17)10-5-6-11(14)12(15)8-10/h5-6,8-9H,2-4,7,15H2,1H3. The molecule has 0 aliphatic carbocycles. The molecule has 1 aromatic rings. The van der Waals surface area contributed by atoms with E-state index in [2.05, 4.69) is 22.9 Å². The number of anilines is 1. The number of amides is 1. The summed E-state index contributed by atoms with van der Waals surface area (Å²) in [5, 5.41) is 0. The first kappa shape index (κ1) is 12.4. The molecule has 1 saturated heterocycles. The minimum Gasteiger partial charge on any atom is -0.398 e. The molecule has 0 aromatic heterocycles. The van der Waals surface area contributed by atoms with Crippen molar-refractivity contribution in [1.29, 1.82) is 0 Å². The molecule has 4 heteroatoms. The number of hydrogen-bond acceptors (Lipinski definition) is 2. The van der Waals surface area contributed by atoms with E-state index in [0.29, 0.717) is 17.3 Å². The lowest BCUT2D eigenvalue weighted by molar-refractivity contribution is 0.0635. The summed E-state index contributed by atoms with van der Waals surface area (Å²) in [6.07, 6.45) is 3.41. The zero-order chi connectivity index (χ0) is 12.4. The largest absolute Gasteiger partial charge is 0.398 e. The minimum absolute atomic E-state index is 0.0939. The molecule has 1 amide bonds. The normalized spacial score (nSPS) is 20.4. The van der Waals surface area contributed by atoms with Crippen LogP contribution in [0.2, 0.25) is 0 Å². The van der Waals surface area contributed by atoms with Gasteiger partial charge in [0.25, 0.3) is 5.91 Å². The first-order chi connectivity index (χ1) is 8.09. The van der Waals surface area contributed by atoms with E-state index >= 15 is 0 Å². The number of hydrogen-bond donors (Lipinski definition) is 1. The van der Waals surface area contributed by atoms with Crippen LogP contribution in [0, 0.1) is 0 Å². The highest BCUT2D eigenvalue weighted by Gasteiger charge is 2.24. The number of nitrogens with two attached hydrogens (primary N) is 1. The van der Waals surface area contributed by atoms with Crippen molar-refractivity contribution in [3.63, 3.8) is 0 Å². The summed E-state index contributed by atoms with van der Waals surface area (Å²) in [6, 6.07) is 5.73. The molecule has 1 aromatic carbocycles. The molecule has 0 spiro atoms. The number of halogens is 1. The molecule has 1 aliphatic rings. The van der Waals surface area contributed by atoms with Crippen LogP contribution in [0.15, 0.2) is 22.7 Å². The quantitative estimate of drug-likeness (QED) is 0.810. The van der Waals surface area contributed by atoms with E-state index in [1.807, 2.05) is 17.0 Å². The number of benzene rings is 1. The van der Waals surface area contributed by atoms with Crippen molar-refractivity contribution >= 4 is 27.5 Å². The fourth-order valence-electron chi connectivity index (χ4n) is 2.24. The summed E-state index contributed by atoms with van der Waals surface area (Å²) in [5.41, 5.74) is 7.10. The van der Waals surface area contributed by atoms with Gasteiger partial charge in [-0.05, 0) is 60.3 Å². The van der Waals surface area contributed by atoms with Crippen LogP contribution in [0.5, 0.6) is 0 Å². The fourth-order valence-corrected chi connectivity index (χ4v) is 2.49. The van der Waals surface area contributed by atoms with E-state index in [9.17, 15) is 4.79 Å². The number of rotatable bonds is 1. The van der Waals surface area contributed by atoms with Crippen LogP contribution in [0.3, 0.4) is 0 Å². The maximum Gasteiger partial charge on any atom is 0.254 e. The van der Waals surface area contributed by atoms with Crippen LogP contribution < -0.4 is 5.73 Å². The van der Waals surface area contributed by atoms with Gasteiger partial charge in [0.15, 0.2) is 0 Å². The van der Waals surface area contributed by atoms with Gasteiger partial charge in [0.1, 0.15) is 0 Å². The number of nitrogen functional groups attached to an aromatic ring is 1. The Hall–Kier alpha value is -1.03. The molecule has 1 heterocycles. The Labute approximate surface area is 110 Å². The lowest BCUT2D eigenvalue weighted by Gasteiger charge is -2.33. The van der Waals surface area contributed by atoms with Gasteiger partial charge in [-0.3, -0.25) is 4.79 Å². The van der Waals surface area contributed by atoms with Crippen molar-refractivity contribution in [3.8, 4) is 0 Å². The summed E-state index contributed by atoms with van der Waals surface area (Å²) >= 11 is 3.34. The number of nitrogens with zero attached hydrogens (tertiary/aromatic N) is 1. The van der Waals surface area contributed by atoms with Crippen LogP contribution in [-0.4, -0.2) is 23.4 Å². The van der Waals surface area contributed by atoms with E-state index in [1.54, 1.807) is 6.07 Å². The Bertz CT molecular complexity index is 433. The minimum atomic E-state index is 0.0939. The summed E-state index contributed by atoms with van der Waals surface area (Å²) in [5.74, 6) is 0.0939. The van der Waals surface area contributed by atoms with Crippen LogP contribution in [0.4, 0.5) is 5.69 Å². The van der Waals surface area contributed by atoms with E-state index < -0.39 is 0 Å². The van der Waals surface area contributed by atoms with Gasteiger partial charge >= 0.3 is 0 Å². The molecule has 17 heavy (non-hydrogen) atoms. The first-order valence-corrected chi connectivity index (χ1v) is 6.75. The lowest BCUT2D eigenvalue weighted by Crippen LogP contribution is -2.42. The monoisotopic (exact) mass is 296 g/mol. The zero-order valence-electron chi connectivity index (χ0n) is 9.95. The summed E-state index contributed by atoms with van der Waals surface area (Å²) in [6.45, 7) is 2.97.